The minimum Gasteiger partial charge on any atom is -0.318 e. The van der Waals surface area contributed by atoms with Crippen LogP contribution in [-0.2, 0) is 20.9 Å². The fraction of sp³-hybridized carbons (Fsp3) is 0.560. The monoisotopic (exact) mass is 498 g/mol. The number of thioether (sulfide) groups is 1. The predicted molar refractivity (Wildman–Crippen MR) is 134 cm³/mol. The second kappa shape index (κ2) is 10.9. The van der Waals surface area contributed by atoms with Gasteiger partial charge in [0.1, 0.15) is 12.1 Å². The fourth-order valence-corrected chi connectivity index (χ4v) is 6.03. The van der Waals surface area contributed by atoms with Crippen molar-refractivity contribution in [1.29, 1.82) is 0 Å². The topological polar surface area (TPSA) is 100 Å². The van der Waals surface area contributed by atoms with Crippen molar-refractivity contribution >= 4 is 29.5 Å². The molecule has 188 valence electrons. The maximum atomic E-state index is 13.4. The third-order valence-corrected chi connectivity index (χ3v) is 7.99. The summed E-state index contributed by atoms with van der Waals surface area (Å²) in [4.78, 5) is 42.1. The molecule has 3 amide bonds. The van der Waals surface area contributed by atoms with E-state index in [1.54, 1.807) is 0 Å². The Morgan fingerprint density at radius 3 is 2.51 bits per heavy atom. The van der Waals surface area contributed by atoms with E-state index in [2.05, 4.69) is 44.0 Å². The van der Waals surface area contributed by atoms with Crippen LogP contribution in [0.25, 0.3) is 0 Å². The van der Waals surface area contributed by atoms with Gasteiger partial charge in [-0.15, -0.1) is 10.2 Å². The minimum absolute atomic E-state index is 0.0778. The van der Waals surface area contributed by atoms with E-state index in [4.69, 9.17) is 0 Å². The first-order chi connectivity index (χ1) is 16.9. The minimum atomic E-state index is -0.912. The molecule has 0 unspecified atom stereocenters. The van der Waals surface area contributed by atoms with Crippen LogP contribution in [0.2, 0.25) is 0 Å². The molecule has 2 aromatic rings. The first kappa shape index (κ1) is 25.4. The number of hydrogen-bond acceptors (Lipinski definition) is 7. The molecular weight excluding hydrogens is 464 g/mol. The van der Waals surface area contributed by atoms with Gasteiger partial charge in [0.05, 0.1) is 18.3 Å². The Kier molecular flexibility index (Phi) is 7.91. The van der Waals surface area contributed by atoms with E-state index < -0.39 is 11.4 Å². The molecule has 1 saturated heterocycles. The summed E-state index contributed by atoms with van der Waals surface area (Å²) in [5.41, 5.74) is 0.208. The van der Waals surface area contributed by atoms with Gasteiger partial charge in [0.25, 0.3) is 5.91 Å². The van der Waals surface area contributed by atoms with Crippen molar-refractivity contribution in [2.45, 2.75) is 68.7 Å². The largest absolute Gasteiger partial charge is 0.318 e. The SMILES string of the molecule is CC[C@H](c1nnc(SCC(=O)N2CC(=O)NC(=O)C23CCCCC3)n1Cc1ccccc1)N(C)C. The number of imide groups is 1. The van der Waals surface area contributed by atoms with Gasteiger partial charge in [0, 0.05) is 0 Å². The van der Waals surface area contributed by atoms with Crippen LogP contribution in [0.5, 0.6) is 0 Å². The highest BCUT2D eigenvalue weighted by atomic mass is 32.2. The van der Waals surface area contributed by atoms with Crippen LogP contribution >= 0.6 is 11.8 Å². The number of carbonyl (C=O) groups excluding carboxylic acids is 3. The lowest BCUT2D eigenvalue weighted by molar-refractivity contribution is -0.158. The molecule has 1 aliphatic carbocycles. The number of benzene rings is 1. The van der Waals surface area contributed by atoms with Gasteiger partial charge in [-0.2, -0.15) is 0 Å². The van der Waals surface area contributed by atoms with Crippen molar-refractivity contribution < 1.29 is 14.4 Å². The summed E-state index contributed by atoms with van der Waals surface area (Å²) in [6, 6.07) is 10.2. The number of piperazine rings is 1. The molecule has 1 spiro atoms. The number of aromatic nitrogens is 3. The van der Waals surface area contributed by atoms with E-state index in [-0.39, 0.29) is 30.2 Å². The van der Waals surface area contributed by atoms with E-state index in [0.29, 0.717) is 24.5 Å². The smallest absolute Gasteiger partial charge is 0.252 e. The maximum Gasteiger partial charge on any atom is 0.252 e. The van der Waals surface area contributed by atoms with Gasteiger partial charge >= 0.3 is 0 Å². The molecular formula is C25H34N6O3S. The lowest BCUT2D eigenvalue weighted by atomic mass is 9.78. The number of hydrogen-bond donors (Lipinski definition) is 1. The molecule has 1 saturated carbocycles. The normalized spacial score (nSPS) is 18.7. The summed E-state index contributed by atoms with van der Waals surface area (Å²) in [5, 5.41) is 12.1. The van der Waals surface area contributed by atoms with Crippen molar-refractivity contribution in [3.05, 3.63) is 41.7 Å². The van der Waals surface area contributed by atoms with Crippen LogP contribution in [0.3, 0.4) is 0 Å². The Balaban J connectivity index is 1.57. The first-order valence-corrected chi connectivity index (χ1v) is 13.2. The summed E-state index contributed by atoms with van der Waals surface area (Å²) < 4.78 is 2.08. The molecule has 1 N–H and O–H groups in total. The Labute approximate surface area is 210 Å². The van der Waals surface area contributed by atoms with Gasteiger partial charge in [0.2, 0.25) is 11.8 Å². The summed E-state index contributed by atoms with van der Waals surface area (Å²) >= 11 is 1.31. The third-order valence-electron chi connectivity index (χ3n) is 7.04. The highest BCUT2D eigenvalue weighted by Crippen LogP contribution is 2.36. The van der Waals surface area contributed by atoms with Gasteiger partial charge in [-0.25, -0.2) is 0 Å². The maximum absolute atomic E-state index is 13.4. The van der Waals surface area contributed by atoms with Crippen LogP contribution in [0, 0.1) is 0 Å². The standard InChI is InChI=1S/C25H34N6O3S/c1-4-19(29(2)3)22-27-28-24(30(22)15-18-11-7-5-8-12-18)35-17-21(33)31-16-20(32)26-23(34)25(31)13-9-6-10-14-25/h5,7-8,11-12,19H,4,6,9-10,13-17H2,1-3H3,(H,26,32,34)/t19-/m1/s1. The van der Waals surface area contributed by atoms with Gasteiger partial charge in [-0.3, -0.25) is 24.6 Å². The number of carbonyl (C=O) groups is 3. The van der Waals surface area contributed by atoms with Crippen LogP contribution in [-0.4, -0.2) is 74.2 Å². The second-order valence-corrected chi connectivity index (χ2v) is 10.5. The van der Waals surface area contributed by atoms with Crippen molar-refractivity contribution in [1.82, 2.24) is 29.9 Å². The van der Waals surface area contributed by atoms with Crippen molar-refractivity contribution in [3.8, 4) is 0 Å². The molecule has 0 radical (unpaired) electrons. The lowest BCUT2D eigenvalue weighted by Crippen LogP contribution is -2.69. The molecule has 35 heavy (non-hydrogen) atoms. The zero-order chi connectivity index (χ0) is 25.0. The van der Waals surface area contributed by atoms with E-state index in [1.165, 1.54) is 16.7 Å². The van der Waals surface area contributed by atoms with Gasteiger partial charge in [0.15, 0.2) is 11.0 Å². The van der Waals surface area contributed by atoms with Crippen LogP contribution in [0.1, 0.15) is 62.9 Å². The molecule has 0 bridgehead atoms. The zero-order valence-corrected chi connectivity index (χ0v) is 21.5. The molecule has 4 rings (SSSR count). The quantitative estimate of drug-likeness (QED) is 0.441. The average Bonchev–Trinajstić information content (AvgIpc) is 3.23. The fourth-order valence-electron chi connectivity index (χ4n) is 5.21. The van der Waals surface area contributed by atoms with E-state index in [0.717, 1.165) is 37.1 Å². The lowest BCUT2D eigenvalue weighted by Gasteiger charge is -2.47. The highest BCUT2D eigenvalue weighted by Gasteiger charge is 2.50. The molecule has 1 aromatic carbocycles. The molecule has 2 aliphatic rings. The summed E-state index contributed by atoms with van der Waals surface area (Å²) in [6.45, 7) is 2.63. The van der Waals surface area contributed by atoms with Crippen LogP contribution < -0.4 is 5.32 Å². The van der Waals surface area contributed by atoms with E-state index in [1.807, 2.05) is 32.3 Å². The highest BCUT2D eigenvalue weighted by molar-refractivity contribution is 7.99. The average molecular weight is 499 g/mol. The Bertz CT molecular complexity index is 1060. The van der Waals surface area contributed by atoms with Crippen molar-refractivity contribution in [2.24, 2.45) is 0 Å². The summed E-state index contributed by atoms with van der Waals surface area (Å²) in [6.07, 6.45) is 4.84. The molecule has 1 aromatic heterocycles. The summed E-state index contributed by atoms with van der Waals surface area (Å²) in [7, 11) is 4.04. The molecule has 1 atom stereocenters. The molecule has 10 heteroatoms. The number of nitrogens with zero attached hydrogens (tertiary/aromatic N) is 5. The van der Waals surface area contributed by atoms with E-state index >= 15 is 0 Å². The number of amides is 3. The molecule has 2 fully saturated rings. The van der Waals surface area contributed by atoms with Crippen LogP contribution in [0.15, 0.2) is 35.5 Å². The zero-order valence-electron chi connectivity index (χ0n) is 20.7. The van der Waals surface area contributed by atoms with Crippen molar-refractivity contribution in [3.63, 3.8) is 0 Å². The molecule has 2 heterocycles. The van der Waals surface area contributed by atoms with Gasteiger partial charge < -0.3 is 9.47 Å². The molecule has 1 aliphatic heterocycles. The third kappa shape index (κ3) is 5.28. The van der Waals surface area contributed by atoms with Gasteiger partial charge in [-0.05, 0) is 38.9 Å². The number of rotatable bonds is 8. The first-order valence-electron chi connectivity index (χ1n) is 12.3. The Morgan fingerprint density at radius 2 is 1.86 bits per heavy atom. The Hall–Kier alpha value is -2.72. The predicted octanol–water partition coefficient (Wildman–Crippen LogP) is 2.62. The number of nitrogens with one attached hydrogen (secondary N) is 1. The van der Waals surface area contributed by atoms with Crippen molar-refractivity contribution in [2.75, 3.05) is 26.4 Å². The van der Waals surface area contributed by atoms with Gasteiger partial charge in [-0.1, -0.05) is 68.3 Å². The Morgan fingerprint density at radius 1 is 1.14 bits per heavy atom. The van der Waals surface area contributed by atoms with E-state index in [9.17, 15) is 14.4 Å². The molecule has 9 nitrogen and oxygen atoms in total. The second-order valence-electron chi connectivity index (χ2n) is 9.54. The summed E-state index contributed by atoms with van der Waals surface area (Å²) in [5.74, 6) is -0.0225. The van der Waals surface area contributed by atoms with Crippen LogP contribution in [0.4, 0.5) is 0 Å².